The zero-order valence-electron chi connectivity index (χ0n) is 8.81. The number of nitrogens with two attached hydrogens (primary N) is 1. The summed E-state index contributed by atoms with van der Waals surface area (Å²) in [5.74, 6) is -0.481. The van der Waals surface area contributed by atoms with Gasteiger partial charge in [-0.3, -0.25) is 4.98 Å². The van der Waals surface area contributed by atoms with Crippen molar-refractivity contribution in [3.05, 3.63) is 65.2 Å². The third-order valence-electron chi connectivity index (χ3n) is 1.78. The summed E-state index contributed by atoms with van der Waals surface area (Å²) in [6.07, 6.45) is 3.50. The average molecular weight is 269 g/mol. The molecule has 0 fully saturated rings. The highest BCUT2D eigenvalue weighted by Crippen LogP contribution is 2.18. The molecule has 0 spiro atoms. The summed E-state index contributed by atoms with van der Waals surface area (Å²) in [6.45, 7) is 0. The Kier molecular flexibility index (Phi) is 5.52. The monoisotopic (exact) mass is 268 g/mol. The van der Waals surface area contributed by atoms with Gasteiger partial charge in [-0.1, -0.05) is 36.0 Å². The maximum absolute atomic E-state index is 12.8. The molecule has 1 aromatic carbocycles. The van der Waals surface area contributed by atoms with Crippen molar-refractivity contribution in [3.8, 4) is 0 Å². The molecule has 0 bridgehead atoms. The summed E-state index contributed by atoms with van der Waals surface area (Å²) in [6, 6.07) is 10.0. The molecular weight excluding hydrogens is 259 g/mol. The van der Waals surface area contributed by atoms with Crippen molar-refractivity contribution in [1.82, 2.24) is 4.98 Å². The summed E-state index contributed by atoms with van der Waals surface area (Å²) >= 11 is 10.2. The van der Waals surface area contributed by atoms with Crippen molar-refractivity contribution in [1.29, 1.82) is 0 Å². The molecule has 0 aliphatic heterocycles. The van der Waals surface area contributed by atoms with Crippen LogP contribution < -0.4 is 5.73 Å². The molecule has 2 nitrogen and oxygen atoms in total. The minimum absolute atomic E-state index is 0.0203. The molecule has 0 saturated heterocycles. The Morgan fingerprint density at radius 1 is 1.18 bits per heavy atom. The lowest BCUT2D eigenvalue weighted by atomic mass is 10.2. The van der Waals surface area contributed by atoms with Crippen LogP contribution in [-0.2, 0) is 0 Å². The summed E-state index contributed by atoms with van der Waals surface area (Å²) in [5, 5.41) is 0.248. The maximum atomic E-state index is 12.8. The second kappa shape index (κ2) is 6.93. The molecule has 1 heterocycles. The van der Waals surface area contributed by atoms with Gasteiger partial charge < -0.3 is 5.73 Å². The predicted molar refractivity (Wildman–Crippen MR) is 71.5 cm³/mol. The number of hydrogen-bond donors (Lipinski definition) is 1. The molecule has 0 aliphatic rings. The van der Waals surface area contributed by atoms with Gasteiger partial charge >= 0.3 is 0 Å². The molecule has 0 unspecified atom stereocenters. The van der Waals surface area contributed by atoms with Crippen LogP contribution in [-0.4, -0.2) is 9.97 Å². The smallest absolute Gasteiger partial charge is 0.134 e. The van der Waals surface area contributed by atoms with Gasteiger partial charge in [0.2, 0.25) is 0 Å². The van der Waals surface area contributed by atoms with E-state index in [1.165, 1.54) is 12.1 Å². The number of pyridine rings is 1. The number of thiocarbonyl (C=S) groups is 1. The first kappa shape index (κ1) is 13.5. The van der Waals surface area contributed by atoms with E-state index in [0.717, 1.165) is 0 Å². The van der Waals surface area contributed by atoms with Crippen LogP contribution in [0.1, 0.15) is 5.56 Å². The van der Waals surface area contributed by atoms with Gasteiger partial charge in [0, 0.05) is 12.4 Å². The lowest BCUT2D eigenvalue weighted by Crippen LogP contribution is -2.12. The summed E-state index contributed by atoms with van der Waals surface area (Å²) in [7, 11) is 0. The van der Waals surface area contributed by atoms with Crippen LogP contribution in [0.4, 0.5) is 4.39 Å². The van der Waals surface area contributed by atoms with E-state index in [0.29, 0.717) is 0 Å². The summed E-state index contributed by atoms with van der Waals surface area (Å²) < 4.78 is 12.8. The highest BCUT2D eigenvalue weighted by Gasteiger charge is 2.07. The van der Waals surface area contributed by atoms with Crippen molar-refractivity contribution in [2.45, 2.75) is 0 Å². The molecule has 1 aromatic heterocycles. The molecule has 5 heteroatoms. The second-order valence-corrected chi connectivity index (χ2v) is 3.83. The third-order valence-corrected chi connectivity index (χ3v) is 2.29. The van der Waals surface area contributed by atoms with Crippen molar-refractivity contribution < 1.29 is 4.39 Å². The van der Waals surface area contributed by atoms with E-state index in [9.17, 15) is 4.39 Å². The van der Waals surface area contributed by atoms with Crippen LogP contribution in [0, 0.1) is 5.82 Å². The molecular formula is C12H10ClFN2S. The molecule has 88 valence electrons. The second-order valence-electron chi connectivity index (χ2n) is 2.99. The van der Waals surface area contributed by atoms with Crippen LogP contribution in [0.3, 0.4) is 0 Å². The fourth-order valence-corrected chi connectivity index (χ4v) is 1.57. The Bertz CT molecular complexity index is 444. The van der Waals surface area contributed by atoms with Crippen LogP contribution in [0.2, 0.25) is 5.02 Å². The summed E-state index contributed by atoms with van der Waals surface area (Å²) in [4.78, 5) is 3.76. The molecule has 0 amide bonds. The highest BCUT2D eigenvalue weighted by molar-refractivity contribution is 7.80. The first-order valence-corrected chi connectivity index (χ1v) is 5.50. The zero-order valence-corrected chi connectivity index (χ0v) is 10.4. The lowest BCUT2D eigenvalue weighted by molar-refractivity contribution is 0.625. The van der Waals surface area contributed by atoms with Crippen LogP contribution >= 0.6 is 23.8 Å². The van der Waals surface area contributed by atoms with E-state index in [2.05, 4.69) is 17.2 Å². The predicted octanol–water partition coefficient (Wildman–Crippen LogP) is 3.19. The summed E-state index contributed by atoms with van der Waals surface area (Å²) in [5.41, 5.74) is 5.34. The lowest BCUT2D eigenvalue weighted by Gasteiger charge is -2.01. The van der Waals surface area contributed by atoms with Gasteiger partial charge in [0.1, 0.15) is 10.8 Å². The number of benzene rings is 1. The van der Waals surface area contributed by atoms with E-state index in [1.807, 2.05) is 18.2 Å². The Morgan fingerprint density at radius 2 is 1.82 bits per heavy atom. The van der Waals surface area contributed by atoms with Gasteiger partial charge in [-0.15, -0.1) is 0 Å². The Labute approximate surface area is 109 Å². The van der Waals surface area contributed by atoms with Crippen molar-refractivity contribution >= 4 is 28.8 Å². The fraction of sp³-hybridized carbons (Fsp3) is 0. The van der Waals surface area contributed by atoms with E-state index in [1.54, 1.807) is 18.5 Å². The van der Waals surface area contributed by atoms with Crippen molar-refractivity contribution in [2.75, 3.05) is 0 Å². The van der Waals surface area contributed by atoms with Gasteiger partial charge in [-0.25, -0.2) is 4.39 Å². The molecule has 0 atom stereocenters. The molecule has 0 aliphatic carbocycles. The van der Waals surface area contributed by atoms with Gasteiger partial charge in [0.15, 0.2) is 0 Å². The minimum atomic E-state index is -0.481. The average Bonchev–Trinajstić information content (AvgIpc) is 2.31. The first-order valence-electron chi connectivity index (χ1n) is 4.71. The van der Waals surface area contributed by atoms with Crippen LogP contribution in [0.5, 0.6) is 0 Å². The molecule has 2 N–H and O–H groups in total. The number of aromatic nitrogens is 1. The third kappa shape index (κ3) is 4.46. The van der Waals surface area contributed by atoms with E-state index in [4.69, 9.17) is 17.3 Å². The number of rotatable bonds is 1. The van der Waals surface area contributed by atoms with E-state index >= 15 is 0 Å². The van der Waals surface area contributed by atoms with E-state index < -0.39 is 5.82 Å². The highest BCUT2D eigenvalue weighted by atomic mass is 35.5. The Hall–Kier alpha value is -1.52. The van der Waals surface area contributed by atoms with Crippen LogP contribution in [0.25, 0.3) is 0 Å². The minimum Gasteiger partial charge on any atom is -0.389 e. The van der Waals surface area contributed by atoms with Gasteiger partial charge in [0.05, 0.1) is 10.6 Å². The van der Waals surface area contributed by atoms with E-state index in [-0.39, 0.29) is 15.6 Å². The standard InChI is InChI=1S/C7H5ClFNS.C5H5N/c8-4-2-1-3-5(9)6(4)7(10)11;1-2-4-6-5-3-1/h1-3H,(H2,10,11);1-5H. The fourth-order valence-electron chi connectivity index (χ4n) is 1.05. The Morgan fingerprint density at radius 3 is 2.12 bits per heavy atom. The van der Waals surface area contributed by atoms with Gasteiger partial charge in [0.25, 0.3) is 0 Å². The molecule has 2 rings (SSSR count). The SMILES string of the molecule is NC(=S)c1c(F)cccc1Cl.c1ccncc1. The topological polar surface area (TPSA) is 38.9 Å². The van der Waals surface area contributed by atoms with Crippen LogP contribution in [0.15, 0.2) is 48.8 Å². The number of hydrogen-bond acceptors (Lipinski definition) is 2. The Balaban J connectivity index is 0.000000202. The molecule has 2 aromatic rings. The van der Waals surface area contributed by atoms with Gasteiger partial charge in [-0.05, 0) is 24.3 Å². The van der Waals surface area contributed by atoms with Gasteiger partial charge in [-0.2, -0.15) is 0 Å². The quantitative estimate of drug-likeness (QED) is 0.808. The number of halogens is 2. The number of nitrogens with zero attached hydrogens (tertiary/aromatic N) is 1. The first-order chi connectivity index (χ1) is 8.13. The largest absolute Gasteiger partial charge is 0.389 e. The maximum Gasteiger partial charge on any atom is 0.134 e. The molecule has 0 saturated carbocycles. The van der Waals surface area contributed by atoms with Crippen molar-refractivity contribution in [2.24, 2.45) is 5.73 Å². The zero-order chi connectivity index (χ0) is 12.7. The van der Waals surface area contributed by atoms with Crippen molar-refractivity contribution in [3.63, 3.8) is 0 Å². The normalized spacial score (nSPS) is 9.06. The molecule has 17 heavy (non-hydrogen) atoms. The molecule has 0 radical (unpaired) electrons.